The number of hydrogen-bond acceptors (Lipinski definition) is 5. The van der Waals surface area contributed by atoms with Crippen molar-refractivity contribution in [2.24, 2.45) is 0 Å². The van der Waals surface area contributed by atoms with Crippen LogP contribution < -0.4 is 10.9 Å². The summed E-state index contributed by atoms with van der Waals surface area (Å²) in [5, 5.41) is 8.85. The number of aryl methyl sites for hydroxylation is 2. The van der Waals surface area contributed by atoms with E-state index in [1.807, 2.05) is 31.2 Å². The van der Waals surface area contributed by atoms with Gasteiger partial charge in [0.15, 0.2) is 0 Å². The van der Waals surface area contributed by atoms with Crippen molar-refractivity contribution in [3.05, 3.63) is 62.4 Å². The molecular formula is C17H13BrN4OS. The monoisotopic (exact) mass is 400 g/mol. The first-order valence-electron chi connectivity index (χ1n) is 7.35. The van der Waals surface area contributed by atoms with Crippen LogP contribution in [0.3, 0.4) is 0 Å². The molecule has 4 aromatic rings. The van der Waals surface area contributed by atoms with Gasteiger partial charge in [0, 0.05) is 10.2 Å². The number of aromatic nitrogens is 3. The summed E-state index contributed by atoms with van der Waals surface area (Å²) in [5.41, 5.74) is 3.81. The Morgan fingerprint density at radius 3 is 2.79 bits per heavy atom. The highest BCUT2D eigenvalue weighted by Crippen LogP contribution is 2.25. The van der Waals surface area contributed by atoms with Crippen molar-refractivity contribution in [1.82, 2.24) is 14.6 Å². The van der Waals surface area contributed by atoms with E-state index >= 15 is 0 Å². The molecule has 0 unspecified atom stereocenters. The molecule has 0 atom stereocenters. The zero-order valence-electron chi connectivity index (χ0n) is 13.0. The lowest BCUT2D eigenvalue weighted by molar-refractivity contribution is 0.919. The molecule has 0 saturated carbocycles. The largest absolute Gasteiger partial charge is 0.330 e. The first-order valence-corrected chi connectivity index (χ1v) is 8.95. The second kappa shape index (κ2) is 5.68. The highest BCUT2D eigenvalue weighted by atomic mass is 79.9. The van der Waals surface area contributed by atoms with Gasteiger partial charge in [0.2, 0.25) is 10.1 Å². The van der Waals surface area contributed by atoms with Crippen molar-refractivity contribution >= 4 is 53.9 Å². The maximum atomic E-state index is 12.6. The lowest BCUT2D eigenvalue weighted by Gasteiger charge is -2.06. The van der Waals surface area contributed by atoms with Crippen molar-refractivity contribution in [2.75, 3.05) is 5.32 Å². The van der Waals surface area contributed by atoms with E-state index in [0.717, 1.165) is 15.7 Å². The van der Waals surface area contributed by atoms with Crippen molar-refractivity contribution < 1.29 is 0 Å². The summed E-state index contributed by atoms with van der Waals surface area (Å²) in [6, 6.07) is 11.6. The molecule has 0 aliphatic rings. The Labute approximate surface area is 150 Å². The average molecular weight is 401 g/mol. The van der Waals surface area contributed by atoms with Crippen LogP contribution in [0.2, 0.25) is 0 Å². The summed E-state index contributed by atoms with van der Waals surface area (Å²) < 4.78 is 2.20. The van der Waals surface area contributed by atoms with Crippen LogP contribution in [0.1, 0.15) is 11.1 Å². The molecule has 7 heteroatoms. The first kappa shape index (κ1) is 15.3. The minimum atomic E-state index is -0.166. The minimum Gasteiger partial charge on any atom is -0.330 e. The Balaban J connectivity index is 1.84. The molecule has 2 aromatic heterocycles. The van der Waals surface area contributed by atoms with Gasteiger partial charge < -0.3 is 5.32 Å². The van der Waals surface area contributed by atoms with Crippen molar-refractivity contribution in [3.8, 4) is 0 Å². The van der Waals surface area contributed by atoms with Crippen molar-refractivity contribution in [1.29, 1.82) is 0 Å². The third-order valence-electron chi connectivity index (χ3n) is 3.78. The fourth-order valence-electron chi connectivity index (χ4n) is 2.60. The number of fused-ring (bicyclic) bond motifs is 2. The Bertz CT molecular complexity index is 1150. The molecular weight excluding hydrogens is 388 g/mol. The number of rotatable bonds is 2. The summed E-state index contributed by atoms with van der Waals surface area (Å²) in [6.45, 7) is 4.10. The summed E-state index contributed by atoms with van der Waals surface area (Å²) in [4.78, 5) is 17.7. The summed E-state index contributed by atoms with van der Waals surface area (Å²) in [5.74, 6) is 0. The van der Waals surface area contributed by atoms with Crippen LogP contribution in [-0.4, -0.2) is 14.6 Å². The molecule has 1 N–H and O–H groups in total. The summed E-state index contributed by atoms with van der Waals surface area (Å²) >= 11 is 4.74. The number of nitrogens with zero attached hydrogens (tertiary/aromatic N) is 3. The summed E-state index contributed by atoms with van der Waals surface area (Å²) in [6.07, 6.45) is 0. The molecule has 2 aromatic carbocycles. The van der Waals surface area contributed by atoms with E-state index in [1.54, 1.807) is 6.07 Å². The van der Waals surface area contributed by atoms with Gasteiger partial charge in [0.25, 0.3) is 5.56 Å². The SMILES string of the molecule is Cc1ccc(Nc2nn3c(=O)c4cc(Br)ccc4nc3s2)c(C)c1. The van der Waals surface area contributed by atoms with Gasteiger partial charge in [-0.2, -0.15) is 4.52 Å². The van der Waals surface area contributed by atoms with E-state index in [1.165, 1.54) is 21.4 Å². The van der Waals surface area contributed by atoms with Crippen LogP contribution >= 0.6 is 27.3 Å². The molecule has 120 valence electrons. The second-order valence-electron chi connectivity index (χ2n) is 5.62. The molecule has 0 fully saturated rings. The van der Waals surface area contributed by atoms with Gasteiger partial charge in [-0.1, -0.05) is 45.0 Å². The van der Waals surface area contributed by atoms with E-state index in [2.05, 4.69) is 44.3 Å². The average Bonchev–Trinajstić information content (AvgIpc) is 2.94. The van der Waals surface area contributed by atoms with E-state index in [4.69, 9.17) is 0 Å². The lowest BCUT2D eigenvalue weighted by atomic mass is 10.1. The zero-order chi connectivity index (χ0) is 16.8. The van der Waals surface area contributed by atoms with Crippen molar-refractivity contribution in [3.63, 3.8) is 0 Å². The normalized spacial score (nSPS) is 11.3. The number of nitrogens with one attached hydrogen (secondary N) is 1. The maximum Gasteiger partial charge on any atom is 0.283 e. The number of anilines is 2. The molecule has 0 radical (unpaired) electrons. The maximum absolute atomic E-state index is 12.6. The van der Waals surface area contributed by atoms with E-state index in [0.29, 0.717) is 21.0 Å². The van der Waals surface area contributed by atoms with Gasteiger partial charge in [-0.15, -0.1) is 5.10 Å². The van der Waals surface area contributed by atoms with Crippen LogP contribution in [0.15, 0.2) is 45.7 Å². The molecule has 4 rings (SSSR count). The number of benzene rings is 2. The lowest BCUT2D eigenvalue weighted by Crippen LogP contribution is -2.15. The molecule has 2 heterocycles. The van der Waals surface area contributed by atoms with Crippen LogP contribution in [-0.2, 0) is 0 Å². The van der Waals surface area contributed by atoms with Gasteiger partial charge >= 0.3 is 0 Å². The molecule has 0 saturated heterocycles. The van der Waals surface area contributed by atoms with Crippen molar-refractivity contribution in [2.45, 2.75) is 13.8 Å². The van der Waals surface area contributed by atoms with Gasteiger partial charge in [-0.3, -0.25) is 4.79 Å². The Kier molecular flexibility index (Phi) is 3.62. The van der Waals surface area contributed by atoms with Gasteiger partial charge in [-0.05, 0) is 43.7 Å². The highest BCUT2D eigenvalue weighted by molar-refractivity contribution is 9.10. The van der Waals surface area contributed by atoms with Crippen LogP contribution in [0.4, 0.5) is 10.8 Å². The van der Waals surface area contributed by atoms with Gasteiger partial charge in [0.1, 0.15) is 0 Å². The van der Waals surface area contributed by atoms with Crippen LogP contribution in [0, 0.1) is 13.8 Å². The molecule has 0 bridgehead atoms. The first-order chi connectivity index (χ1) is 11.5. The Morgan fingerprint density at radius 1 is 1.17 bits per heavy atom. The quantitative estimate of drug-likeness (QED) is 0.540. The smallest absolute Gasteiger partial charge is 0.283 e. The second-order valence-corrected chi connectivity index (χ2v) is 7.50. The molecule has 5 nitrogen and oxygen atoms in total. The Hall–Kier alpha value is -2.25. The minimum absolute atomic E-state index is 0.166. The van der Waals surface area contributed by atoms with Gasteiger partial charge in [-0.25, -0.2) is 4.98 Å². The molecule has 0 aliphatic heterocycles. The molecule has 24 heavy (non-hydrogen) atoms. The van der Waals surface area contributed by atoms with Gasteiger partial charge in [0.05, 0.1) is 10.9 Å². The van der Waals surface area contributed by atoms with E-state index in [-0.39, 0.29) is 5.56 Å². The fourth-order valence-corrected chi connectivity index (χ4v) is 3.77. The van der Waals surface area contributed by atoms with Crippen LogP contribution in [0.5, 0.6) is 0 Å². The predicted molar refractivity (Wildman–Crippen MR) is 102 cm³/mol. The topological polar surface area (TPSA) is 59.3 Å². The fraction of sp³-hybridized carbons (Fsp3) is 0.118. The molecule has 0 amide bonds. The molecule has 0 spiro atoms. The van der Waals surface area contributed by atoms with E-state index < -0.39 is 0 Å². The van der Waals surface area contributed by atoms with E-state index in [9.17, 15) is 4.79 Å². The zero-order valence-corrected chi connectivity index (χ0v) is 15.4. The third-order valence-corrected chi connectivity index (χ3v) is 5.10. The third kappa shape index (κ3) is 2.59. The summed E-state index contributed by atoms with van der Waals surface area (Å²) in [7, 11) is 0. The number of hydrogen-bond donors (Lipinski definition) is 1. The highest BCUT2D eigenvalue weighted by Gasteiger charge is 2.12. The standard InChI is InChI=1S/C17H13BrN4OS/c1-9-3-5-13(10(2)7-9)19-16-21-22-15(23)12-8-11(18)4-6-14(12)20-17(22)24-16/h3-8H,1-2H3,(H,19,21). The van der Waals surface area contributed by atoms with Crippen LogP contribution in [0.25, 0.3) is 15.9 Å². The Morgan fingerprint density at radius 2 is 2.00 bits per heavy atom. The molecule has 0 aliphatic carbocycles. The predicted octanol–water partition coefficient (Wildman–Crippen LogP) is 4.43. The number of halogens is 1.